The van der Waals surface area contributed by atoms with Gasteiger partial charge in [0.2, 0.25) is 0 Å². The maximum absolute atomic E-state index is 5.45. The Bertz CT molecular complexity index is 197. The van der Waals surface area contributed by atoms with Gasteiger partial charge in [-0.3, -0.25) is 0 Å². The lowest BCUT2D eigenvalue weighted by Crippen LogP contribution is -2.39. The molecule has 0 amide bonds. The van der Waals surface area contributed by atoms with Gasteiger partial charge in [0.05, 0.1) is 6.10 Å². The molecule has 18 heavy (non-hydrogen) atoms. The third-order valence-corrected chi connectivity index (χ3v) is 3.75. The molecule has 0 saturated carbocycles. The molecule has 0 aromatic rings. The minimum Gasteiger partial charge on any atom is -0.380 e. The molecule has 0 aliphatic carbocycles. The average molecular weight is 256 g/mol. The predicted octanol–water partition coefficient (Wildman–Crippen LogP) is 2.66. The zero-order valence-corrected chi connectivity index (χ0v) is 12.6. The second-order valence-corrected chi connectivity index (χ2v) is 5.82. The summed E-state index contributed by atoms with van der Waals surface area (Å²) in [6, 6.07) is 0.629. The molecule has 1 heterocycles. The number of nitrogens with one attached hydrogen (secondary N) is 1. The first-order valence-corrected chi connectivity index (χ1v) is 7.71. The molecule has 3 nitrogen and oxygen atoms in total. The maximum Gasteiger partial charge on any atom is 0.0698 e. The molecule has 1 unspecified atom stereocenters. The van der Waals surface area contributed by atoms with Crippen LogP contribution in [0.5, 0.6) is 0 Å². The molecule has 1 rings (SSSR count). The van der Waals surface area contributed by atoms with Gasteiger partial charge in [0.1, 0.15) is 0 Å². The lowest BCUT2D eigenvalue weighted by molar-refractivity contribution is 0.0309. The highest BCUT2D eigenvalue weighted by atomic mass is 16.5. The van der Waals surface area contributed by atoms with Crippen molar-refractivity contribution in [3.05, 3.63) is 0 Å². The second-order valence-electron chi connectivity index (χ2n) is 5.82. The van der Waals surface area contributed by atoms with Crippen LogP contribution >= 0.6 is 0 Å². The Kier molecular flexibility index (Phi) is 8.64. The quantitative estimate of drug-likeness (QED) is 0.642. The largest absolute Gasteiger partial charge is 0.380 e. The molecule has 0 bridgehead atoms. The van der Waals surface area contributed by atoms with Crippen LogP contribution < -0.4 is 5.32 Å². The molecule has 1 atom stereocenters. The van der Waals surface area contributed by atoms with E-state index in [1.807, 2.05) is 7.11 Å². The summed E-state index contributed by atoms with van der Waals surface area (Å²) in [6.45, 7) is 9.27. The normalized spacial score (nSPS) is 21.7. The van der Waals surface area contributed by atoms with Gasteiger partial charge >= 0.3 is 0 Å². The lowest BCUT2D eigenvalue weighted by Gasteiger charge is -2.31. The first-order valence-electron chi connectivity index (χ1n) is 7.71. The van der Waals surface area contributed by atoms with E-state index in [0.717, 1.165) is 6.54 Å². The number of piperidine rings is 1. The molecule has 3 heteroatoms. The number of hydrogen-bond donors (Lipinski definition) is 1. The molecular formula is C15H32N2O. The Morgan fingerprint density at radius 3 is 2.72 bits per heavy atom. The number of nitrogens with zero attached hydrogens (tertiary/aromatic N) is 1. The van der Waals surface area contributed by atoms with Crippen molar-refractivity contribution in [1.29, 1.82) is 0 Å². The highest BCUT2D eigenvalue weighted by molar-refractivity contribution is 4.72. The Hall–Kier alpha value is -0.120. The van der Waals surface area contributed by atoms with Gasteiger partial charge in [-0.05, 0) is 45.3 Å². The fraction of sp³-hybridized carbons (Fsp3) is 1.00. The molecule has 1 fully saturated rings. The van der Waals surface area contributed by atoms with Crippen molar-refractivity contribution in [3.8, 4) is 0 Å². The summed E-state index contributed by atoms with van der Waals surface area (Å²) in [5, 5.41) is 3.47. The Morgan fingerprint density at radius 1 is 1.22 bits per heavy atom. The number of methoxy groups -OCH3 is 1. The maximum atomic E-state index is 5.45. The Labute approximate surface area is 113 Å². The van der Waals surface area contributed by atoms with Crippen LogP contribution in [-0.4, -0.2) is 50.3 Å². The Morgan fingerprint density at radius 2 is 2.00 bits per heavy atom. The summed E-state index contributed by atoms with van der Waals surface area (Å²) in [5.41, 5.74) is 0. The number of unbranched alkanes of at least 4 members (excludes halogenated alkanes) is 3. The van der Waals surface area contributed by atoms with Crippen LogP contribution in [0.2, 0.25) is 0 Å². The average Bonchev–Trinajstić information content (AvgIpc) is 2.37. The second kappa shape index (κ2) is 9.76. The topological polar surface area (TPSA) is 24.5 Å². The highest BCUT2D eigenvalue weighted by Gasteiger charge is 2.18. The summed E-state index contributed by atoms with van der Waals surface area (Å²) in [6.07, 6.45) is 8.42. The fourth-order valence-electron chi connectivity index (χ4n) is 2.61. The van der Waals surface area contributed by atoms with Crippen molar-refractivity contribution < 1.29 is 4.74 Å². The van der Waals surface area contributed by atoms with Crippen molar-refractivity contribution in [1.82, 2.24) is 10.2 Å². The fourth-order valence-corrected chi connectivity index (χ4v) is 2.61. The molecule has 0 spiro atoms. The SMILES string of the molecule is COC1CCCN(CCCCCCNC(C)C)C1. The third-order valence-electron chi connectivity index (χ3n) is 3.75. The number of hydrogen-bond acceptors (Lipinski definition) is 3. The van der Waals surface area contributed by atoms with E-state index in [1.165, 1.54) is 58.2 Å². The zero-order chi connectivity index (χ0) is 13.2. The van der Waals surface area contributed by atoms with Crippen molar-refractivity contribution in [2.75, 3.05) is 33.3 Å². The van der Waals surface area contributed by atoms with Crippen molar-refractivity contribution in [3.63, 3.8) is 0 Å². The first-order chi connectivity index (χ1) is 8.72. The lowest BCUT2D eigenvalue weighted by atomic mass is 10.1. The van der Waals surface area contributed by atoms with Gasteiger partial charge in [0.25, 0.3) is 0 Å². The van der Waals surface area contributed by atoms with Crippen LogP contribution in [-0.2, 0) is 4.74 Å². The van der Waals surface area contributed by atoms with E-state index in [0.29, 0.717) is 12.1 Å². The van der Waals surface area contributed by atoms with Crippen LogP contribution in [0.25, 0.3) is 0 Å². The van der Waals surface area contributed by atoms with E-state index in [9.17, 15) is 0 Å². The summed E-state index contributed by atoms with van der Waals surface area (Å²) in [5.74, 6) is 0. The van der Waals surface area contributed by atoms with Crippen molar-refractivity contribution in [2.45, 2.75) is 64.5 Å². The van der Waals surface area contributed by atoms with Crippen molar-refractivity contribution >= 4 is 0 Å². The predicted molar refractivity (Wildman–Crippen MR) is 78.1 cm³/mol. The molecule has 1 N–H and O–H groups in total. The Balaban J connectivity index is 1.91. The molecule has 108 valence electrons. The minimum absolute atomic E-state index is 0.481. The van der Waals surface area contributed by atoms with Gasteiger partial charge in [0.15, 0.2) is 0 Å². The van der Waals surface area contributed by atoms with Crippen LogP contribution in [0, 0.1) is 0 Å². The summed E-state index contributed by atoms with van der Waals surface area (Å²) in [4.78, 5) is 2.57. The van der Waals surface area contributed by atoms with E-state index in [1.54, 1.807) is 0 Å². The zero-order valence-electron chi connectivity index (χ0n) is 12.6. The smallest absolute Gasteiger partial charge is 0.0698 e. The monoisotopic (exact) mass is 256 g/mol. The summed E-state index contributed by atoms with van der Waals surface area (Å²) < 4.78 is 5.45. The van der Waals surface area contributed by atoms with Gasteiger partial charge < -0.3 is 15.0 Å². The van der Waals surface area contributed by atoms with E-state index < -0.39 is 0 Å². The van der Waals surface area contributed by atoms with E-state index in [4.69, 9.17) is 4.74 Å². The molecule has 1 aliphatic heterocycles. The van der Waals surface area contributed by atoms with Crippen LogP contribution in [0.4, 0.5) is 0 Å². The molecule has 0 aromatic heterocycles. The highest BCUT2D eigenvalue weighted by Crippen LogP contribution is 2.13. The number of likely N-dealkylation sites (tertiary alicyclic amines) is 1. The van der Waals surface area contributed by atoms with E-state index >= 15 is 0 Å². The van der Waals surface area contributed by atoms with Crippen molar-refractivity contribution in [2.24, 2.45) is 0 Å². The van der Waals surface area contributed by atoms with Crippen LogP contribution in [0.3, 0.4) is 0 Å². The van der Waals surface area contributed by atoms with Gasteiger partial charge in [-0.15, -0.1) is 0 Å². The van der Waals surface area contributed by atoms with E-state index in [-0.39, 0.29) is 0 Å². The standard InChI is InChI=1S/C15H32N2O/c1-14(2)16-10-6-4-5-7-11-17-12-8-9-15(13-17)18-3/h14-16H,4-13H2,1-3H3. The number of rotatable bonds is 9. The molecule has 1 saturated heterocycles. The van der Waals surface area contributed by atoms with E-state index in [2.05, 4.69) is 24.1 Å². The first kappa shape index (κ1) is 15.9. The number of ether oxygens (including phenoxy) is 1. The van der Waals surface area contributed by atoms with Gasteiger partial charge in [0, 0.05) is 19.7 Å². The molecular weight excluding hydrogens is 224 g/mol. The summed E-state index contributed by atoms with van der Waals surface area (Å²) in [7, 11) is 1.84. The van der Waals surface area contributed by atoms with Crippen LogP contribution in [0.1, 0.15) is 52.4 Å². The molecule has 0 aromatic carbocycles. The van der Waals surface area contributed by atoms with Gasteiger partial charge in [-0.1, -0.05) is 26.7 Å². The van der Waals surface area contributed by atoms with Gasteiger partial charge in [-0.2, -0.15) is 0 Å². The van der Waals surface area contributed by atoms with Gasteiger partial charge in [-0.25, -0.2) is 0 Å². The summed E-state index contributed by atoms with van der Waals surface area (Å²) >= 11 is 0. The third kappa shape index (κ3) is 7.34. The molecule has 0 radical (unpaired) electrons. The minimum atomic E-state index is 0.481. The van der Waals surface area contributed by atoms with Crippen LogP contribution in [0.15, 0.2) is 0 Å². The molecule has 1 aliphatic rings.